The van der Waals surface area contributed by atoms with Crippen molar-refractivity contribution in [3.8, 4) is 16.9 Å². The number of benzene rings is 1. The summed E-state index contributed by atoms with van der Waals surface area (Å²) in [6.07, 6.45) is 4.65. The third-order valence-electron chi connectivity index (χ3n) is 6.89. The molecule has 0 unspecified atom stereocenters. The number of aromatic nitrogens is 3. The summed E-state index contributed by atoms with van der Waals surface area (Å²) >= 11 is 0. The fraction of sp³-hybridized carbons (Fsp3) is 0.500. The predicted molar refractivity (Wildman–Crippen MR) is 140 cm³/mol. The van der Waals surface area contributed by atoms with E-state index in [9.17, 15) is 10.0 Å². The lowest BCUT2D eigenvalue weighted by atomic mass is 10.0. The van der Waals surface area contributed by atoms with Gasteiger partial charge in [0.05, 0.1) is 27.2 Å². The number of hydrogen-bond donors (Lipinski definition) is 1. The number of rotatable bonds is 9. The molecule has 1 aliphatic rings. The molecule has 1 saturated heterocycles. The van der Waals surface area contributed by atoms with E-state index in [0.29, 0.717) is 30.2 Å². The van der Waals surface area contributed by atoms with Crippen molar-refractivity contribution in [1.82, 2.24) is 19.4 Å². The fourth-order valence-corrected chi connectivity index (χ4v) is 4.56. The number of likely N-dealkylation sites (N-methyl/N-ethyl adjacent to an activating group) is 1. The van der Waals surface area contributed by atoms with Gasteiger partial charge < -0.3 is 19.9 Å². The lowest BCUT2D eigenvalue weighted by molar-refractivity contribution is -0.865. The third-order valence-corrected chi connectivity index (χ3v) is 6.89. The highest BCUT2D eigenvalue weighted by Gasteiger charge is 2.20. The van der Waals surface area contributed by atoms with Gasteiger partial charge in [-0.25, -0.2) is 4.98 Å². The number of fused-ring (bicyclic) bond motifs is 1. The van der Waals surface area contributed by atoms with Crippen LogP contribution in [0.3, 0.4) is 0 Å². The molecule has 0 aliphatic carbocycles. The molecule has 1 fully saturated rings. The maximum atomic E-state index is 13.2. The molecule has 9 nitrogen and oxygen atoms in total. The van der Waals surface area contributed by atoms with Crippen molar-refractivity contribution in [2.75, 3.05) is 58.7 Å². The number of hydrogen-bond acceptors (Lipinski definition) is 7. The number of nitrogens with zero attached hydrogens (tertiary/aromatic N) is 5. The number of quaternary nitrogens is 1. The van der Waals surface area contributed by atoms with Gasteiger partial charge in [-0.15, -0.1) is 0 Å². The van der Waals surface area contributed by atoms with Crippen molar-refractivity contribution < 1.29 is 9.38 Å². The van der Waals surface area contributed by atoms with Gasteiger partial charge in [0.1, 0.15) is 11.4 Å². The molecule has 0 radical (unpaired) electrons. The number of unbranched alkanes of at least 4 members (excludes halogenated alkanes) is 1. The third kappa shape index (κ3) is 5.80. The monoisotopic (exact) mass is 480 g/mol. The Kier molecular flexibility index (Phi) is 7.69. The summed E-state index contributed by atoms with van der Waals surface area (Å²) in [6.45, 7) is 6.90. The second-order valence-electron chi connectivity index (χ2n) is 9.49. The Morgan fingerprint density at radius 2 is 1.97 bits per heavy atom. The summed E-state index contributed by atoms with van der Waals surface area (Å²) in [7, 11) is 5.14. The molecular formula is C26H36N6O3. The van der Waals surface area contributed by atoms with Gasteiger partial charge in [-0.05, 0) is 49.1 Å². The first-order chi connectivity index (χ1) is 16.8. The van der Waals surface area contributed by atoms with Crippen molar-refractivity contribution in [3.05, 3.63) is 51.6 Å². The van der Waals surface area contributed by atoms with E-state index in [2.05, 4.69) is 27.1 Å². The second-order valence-corrected chi connectivity index (χ2v) is 9.49. The van der Waals surface area contributed by atoms with Gasteiger partial charge in [0, 0.05) is 43.8 Å². The number of nitrogens with one attached hydrogen (secondary N) is 1. The van der Waals surface area contributed by atoms with Crippen LogP contribution in [0.2, 0.25) is 0 Å². The van der Waals surface area contributed by atoms with E-state index in [-0.39, 0.29) is 10.2 Å². The lowest BCUT2D eigenvalue weighted by Gasteiger charge is -2.45. The zero-order valence-electron chi connectivity index (χ0n) is 21.2. The molecular weight excluding hydrogens is 444 g/mol. The normalized spacial score (nSPS) is 15.9. The van der Waals surface area contributed by atoms with Crippen molar-refractivity contribution in [2.45, 2.75) is 26.2 Å². The summed E-state index contributed by atoms with van der Waals surface area (Å²) in [5, 5.41) is 16.0. The van der Waals surface area contributed by atoms with Gasteiger partial charge >= 0.3 is 0 Å². The topological polar surface area (TPSA) is 95.3 Å². The van der Waals surface area contributed by atoms with E-state index < -0.39 is 0 Å². The van der Waals surface area contributed by atoms with E-state index in [4.69, 9.17) is 4.74 Å². The van der Waals surface area contributed by atoms with Crippen LogP contribution < -0.4 is 15.6 Å². The van der Waals surface area contributed by atoms with Crippen molar-refractivity contribution >= 4 is 17.0 Å². The lowest BCUT2D eigenvalue weighted by Crippen LogP contribution is -2.53. The number of pyridine rings is 1. The highest BCUT2D eigenvalue weighted by Crippen LogP contribution is 2.27. The number of methoxy groups -OCH3 is 1. The minimum atomic E-state index is -0.124. The summed E-state index contributed by atoms with van der Waals surface area (Å²) < 4.78 is 6.97. The Morgan fingerprint density at radius 1 is 1.20 bits per heavy atom. The van der Waals surface area contributed by atoms with Gasteiger partial charge in [-0.2, -0.15) is 4.98 Å². The zero-order chi connectivity index (χ0) is 25.0. The second kappa shape index (κ2) is 10.7. The molecule has 9 heteroatoms. The molecule has 0 atom stereocenters. The van der Waals surface area contributed by atoms with Crippen molar-refractivity contribution in [2.24, 2.45) is 7.05 Å². The fourth-order valence-electron chi connectivity index (χ4n) is 4.56. The molecule has 0 saturated carbocycles. The molecule has 0 bridgehead atoms. The number of aryl methyl sites for hydroxylation is 2. The van der Waals surface area contributed by atoms with Crippen LogP contribution in [0.5, 0.6) is 5.75 Å². The molecule has 35 heavy (non-hydrogen) atoms. The quantitative estimate of drug-likeness (QED) is 0.286. The van der Waals surface area contributed by atoms with E-state index in [0.717, 1.165) is 67.7 Å². The number of hydroxylamine groups is 3. The van der Waals surface area contributed by atoms with Crippen molar-refractivity contribution in [3.63, 3.8) is 0 Å². The first-order valence-electron chi connectivity index (χ1n) is 12.4. The van der Waals surface area contributed by atoms with E-state index in [1.807, 2.05) is 24.3 Å². The first kappa shape index (κ1) is 25.1. The van der Waals surface area contributed by atoms with Crippen LogP contribution in [0.4, 0.5) is 5.95 Å². The summed E-state index contributed by atoms with van der Waals surface area (Å²) in [6, 6.07) is 7.74. The van der Waals surface area contributed by atoms with E-state index >= 15 is 0 Å². The molecule has 4 rings (SSSR count). The van der Waals surface area contributed by atoms with Crippen LogP contribution in [0.1, 0.15) is 25.3 Å². The van der Waals surface area contributed by atoms with Gasteiger partial charge in [0.25, 0.3) is 5.56 Å². The maximum absolute atomic E-state index is 13.2. The average Bonchev–Trinajstić information content (AvgIpc) is 2.86. The largest absolute Gasteiger partial charge is 0.633 e. The SMILES string of the molecule is CCc1ccc(-c2cc3cnc(NCCCCN4CC[N+](C)([O-])CC4)nc3n(C)c2=O)cc1OC. The molecule has 1 N–H and O–H groups in total. The highest BCUT2D eigenvalue weighted by molar-refractivity contribution is 5.81. The molecule has 1 aromatic carbocycles. The maximum Gasteiger partial charge on any atom is 0.259 e. The van der Waals surface area contributed by atoms with Crippen LogP contribution in [0.25, 0.3) is 22.2 Å². The van der Waals surface area contributed by atoms with Gasteiger partial charge in [-0.1, -0.05) is 19.1 Å². The molecule has 3 heterocycles. The van der Waals surface area contributed by atoms with Crippen LogP contribution in [0.15, 0.2) is 35.3 Å². The summed E-state index contributed by atoms with van der Waals surface area (Å²) in [5.41, 5.74) is 3.01. The van der Waals surface area contributed by atoms with Crippen molar-refractivity contribution in [1.29, 1.82) is 0 Å². The summed E-state index contributed by atoms with van der Waals surface area (Å²) in [4.78, 5) is 24.6. The molecule has 1 aliphatic heterocycles. The molecule has 3 aromatic rings. The van der Waals surface area contributed by atoms with Gasteiger partial charge in [0.15, 0.2) is 0 Å². The Bertz CT molecular complexity index is 1230. The summed E-state index contributed by atoms with van der Waals surface area (Å²) in [5.74, 6) is 1.30. The molecule has 2 aromatic heterocycles. The molecule has 0 amide bonds. The standard InChI is InChI=1S/C26H36N6O3/c1-5-19-8-9-20(17-23(19)35-4)22-16-21-18-28-26(29-24(21)30(2)25(22)33)27-10-6-7-11-31-12-14-32(3,34)15-13-31/h8-9,16-18H,5-7,10-15H2,1-4H3,(H,27,28,29). The Hall–Kier alpha value is -3.01. The van der Waals surface area contributed by atoms with E-state index in [1.54, 1.807) is 32.0 Å². The van der Waals surface area contributed by atoms with Gasteiger partial charge in [-0.3, -0.25) is 14.3 Å². The number of anilines is 1. The first-order valence-corrected chi connectivity index (χ1v) is 12.4. The minimum absolute atomic E-state index is 0.109. The predicted octanol–water partition coefficient (Wildman–Crippen LogP) is 3.02. The minimum Gasteiger partial charge on any atom is -0.633 e. The van der Waals surface area contributed by atoms with Crippen LogP contribution in [-0.2, 0) is 13.5 Å². The molecule has 188 valence electrons. The Labute approximate surface area is 206 Å². The van der Waals surface area contributed by atoms with Crippen LogP contribution >= 0.6 is 0 Å². The van der Waals surface area contributed by atoms with Gasteiger partial charge in [0.2, 0.25) is 5.95 Å². The average molecular weight is 481 g/mol. The highest BCUT2D eigenvalue weighted by atomic mass is 16.5. The van der Waals surface area contributed by atoms with E-state index in [1.165, 1.54) is 0 Å². The van der Waals surface area contributed by atoms with Crippen LogP contribution in [0, 0.1) is 5.21 Å². The Morgan fingerprint density at radius 3 is 2.69 bits per heavy atom. The number of ether oxygens (including phenoxy) is 1. The molecule has 0 spiro atoms. The Balaban J connectivity index is 1.41. The zero-order valence-corrected chi connectivity index (χ0v) is 21.2. The smallest absolute Gasteiger partial charge is 0.259 e. The van der Waals surface area contributed by atoms with Crippen LogP contribution in [-0.4, -0.2) is 77.5 Å². The number of piperazine rings is 1.